The molecule has 0 aliphatic carbocycles. The maximum atomic E-state index is 13.4. The summed E-state index contributed by atoms with van der Waals surface area (Å²) in [6.45, 7) is 1.33. The van der Waals surface area contributed by atoms with E-state index in [0.717, 1.165) is 22.5 Å². The summed E-state index contributed by atoms with van der Waals surface area (Å²) in [6.07, 6.45) is 3.46. The number of aliphatic carboxylic acids is 1. The summed E-state index contributed by atoms with van der Waals surface area (Å²) >= 11 is 6.48. The van der Waals surface area contributed by atoms with Gasteiger partial charge in [-0.2, -0.15) is 0 Å². The van der Waals surface area contributed by atoms with Gasteiger partial charge in [0.1, 0.15) is 17.4 Å². The lowest BCUT2D eigenvalue weighted by atomic mass is 9.81. The van der Waals surface area contributed by atoms with Crippen molar-refractivity contribution in [3.63, 3.8) is 0 Å². The Morgan fingerprint density at radius 2 is 2.05 bits per heavy atom. The van der Waals surface area contributed by atoms with Crippen LogP contribution in [-0.2, 0) is 4.79 Å². The SMILES string of the molecule is COc1ccc2ncc(Cl)c([C@H](N)CCC3CCN(CC#Cc4cc(F)cc(F)c4)CC3C(=O)O)c2c1. The van der Waals surface area contributed by atoms with Crippen molar-refractivity contribution in [2.75, 3.05) is 26.7 Å². The second kappa shape index (κ2) is 11.9. The molecule has 3 atom stereocenters. The third-order valence-electron chi connectivity index (χ3n) is 6.84. The summed E-state index contributed by atoms with van der Waals surface area (Å²) < 4.78 is 32.1. The van der Waals surface area contributed by atoms with Gasteiger partial charge in [-0.3, -0.25) is 14.7 Å². The Hall–Kier alpha value is -3.25. The van der Waals surface area contributed by atoms with E-state index < -0.39 is 29.6 Å². The Bertz CT molecular complexity index is 1340. The number of ether oxygens (including phenoxy) is 1. The van der Waals surface area contributed by atoms with Gasteiger partial charge in [-0.05, 0) is 67.6 Å². The highest BCUT2D eigenvalue weighted by Crippen LogP contribution is 2.35. The first kappa shape index (κ1) is 26.8. The highest BCUT2D eigenvalue weighted by molar-refractivity contribution is 6.32. The molecule has 4 rings (SSSR count). The first-order valence-electron chi connectivity index (χ1n) is 12.0. The summed E-state index contributed by atoms with van der Waals surface area (Å²) in [4.78, 5) is 18.4. The first-order valence-corrected chi connectivity index (χ1v) is 12.4. The van der Waals surface area contributed by atoms with E-state index in [9.17, 15) is 18.7 Å². The van der Waals surface area contributed by atoms with Crippen molar-refractivity contribution in [3.05, 3.63) is 70.4 Å². The van der Waals surface area contributed by atoms with Crippen LogP contribution in [0.25, 0.3) is 10.9 Å². The number of carbonyl (C=O) groups is 1. The van der Waals surface area contributed by atoms with Gasteiger partial charge in [0, 0.05) is 35.8 Å². The highest BCUT2D eigenvalue weighted by Gasteiger charge is 2.34. The molecule has 2 aromatic carbocycles. The van der Waals surface area contributed by atoms with Crippen LogP contribution in [0.3, 0.4) is 0 Å². The third-order valence-corrected chi connectivity index (χ3v) is 7.14. The maximum Gasteiger partial charge on any atom is 0.308 e. The zero-order valence-electron chi connectivity index (χ0n) is 20.4. The van der Waals surface area contributed by atoms with Gasteiger partial charge >= 0.3 is 5.97 Å². The standard InChI is InChI=1S/C28H28ClF2N3O3/c1-37-21-5-7-26-22(14-21)27(24(29)15-33-26)25(32)6-4-18-8-10-34(16-23(18)28(35)36)9-2-3-17-11-19(30)13-20(31)12-17/h5,7,11-15,18,23,25H,4,6,8-10,16,32H2,1H3,(H,35,36)/t18?,23?,25-/m1/s1. The summed E-state index contributed by atoms with van der Waals surface area (Å²) in [5.41, 5.74) is 8.36. The fourth-order valence-electron chi connectivity index (χ4n) is 4.93. The zero-order valence-corrected chi connectivity index (χ0v) is 21.1. The van der Waals surface area contributed by atoms with Crippen LogP contribution in [0.2, 0.25) is 5.02 Å². The molecule has 1 aliphatic rings. The van der Waals surface area contributed by atoms with Gasteiger partial charge in [-0.15, -0.1) is 0 Å². The van der Waals surface area contributed by atoms with Crippen molar-refractivity contribution in [1.29, 1.82) is 0 Å². The predicted molar refractivity (Wildman–Crippen MR) is 138 cm³/mol. The normalized spacial score (nSPS) is 18.7. The number of carboxylic acids is 1. The lowest BCUT2D eigenvalue weighted by Crippen LogP contribution is -2.44. The predicted octanol–water partition coefficient (Wildman–Crippen LogP) is 5.03. The van der Waals surface area contributed by atoms with Crippen molar-refractivity contribution in [3.8, 4) is 17.6 Å². The van der Waals surface area contributed by atoms with Crippen molar-refractivity contribution >= 4 is 28.5 Å². The van der Waals surface area contributed by atoms with E-state index in [-0.39, 0.29) is 11.5 Å². The Kier molecular flexibility index (Phi) is 8.59. The number of hydrogen-bond donors (Lipinski definition) is 2. The van der Waals surface area contributed by atoms with Crippen LogP contribution in [0.1, 0.15) is 36.4 Å². The molecule has 37 heavy (non-hydrogen) atoms. The van der Waals surface area contributed by atoms with Gasteiger partial charge < -0.3 is 15.6 Å². The lowest BCUT2D eigenvalue weighted by Gasteiger charge is -2.36. The summed E-state index contributed by atoms with van der Waals surface area (Å²) in [5, 5.41) is 11.2. The minimum absolute atomic E-state index is 0.0495. The number of hydrogen-bond acceptors (Lipinski definition) is 5. The van der Waals surface area contributed by atoms with Crippen LogP contribution in [0.15, 0.2) is 42.6 Å². The first-order chi connectivity index (χ1) is 17.7. The number of piperidine rings is 1. The fourth-order valence-corrected chi connectivity index (χ4v) is 5.22. The monoisotopic (exact) mass is 527 g/mol. The molecule has 1 saturated heterocycles. The van der Waals surface area contributed by atoms with Crippen LogP contribution in [0, 0.1) is 35.3 Å². The number of nitrogens with two attached hydrogens (primary N) is 1. The van der Waals surface area contributed by atoms with E-state index in [2.05, 4.69) is 16.8 Å². The maximum absolute atomic E-state index is 13.4. The second-order valence-electron chi connectivity index (χ2n) is 9.28. The van der Waals surface area contributed by atoms with Crippen LogP contribution < -0.4 is 10.5 Å². The number of nitrogens with zero attached hydrogens (tertiary/aromatic N) is 2. The molecule has 9 heteroatoms. The molecule has 0 radical (unpaired) electrons. The minimum Gasteiger partial charge on any atom is -0.497 e. The highest BCUT2D eigenvalue weighted by atomic mass is 35.5. The van der Waals surface area contributed by atoms with Gasteiger partial charge in [0.15, 0.2) is 0 Å². The van der Waals surface area contributed by atoms with Crippen LogP contribution in [0.4, 0.5) is 8.78 Å². The number of pyridine rings is 1. The van der Waals surface area contributed by atoms with Gasteiger partial charge in [-0.1, -0.05) is 23.4 Å². The molecule has 1 aliphatic heterocycles. The number of likely N-dealkylation sites (tertiary alicyclic amines) is 1. The van der Waals surface area contributed by atoms with Crippen molar-refractivity contribution in [2.45, 2.75) is 25.3 Å². The van der Waals surface area contributed by atoms with Gasteiger partial charge in [0.2, 0.25) is 0 Å². The molecule has 0 spiro atoms. The molecule has 0 bridgehead atoms. The van der Waals surface area contributed by atoms with Gasteiger partial charge in [-0.25, -0.2) is 8.78 Å². The number of carboxylic acid groups (broad SMARTS) is 1. The average Bonchev–Trinajstić information content (AvgIpc) is 2.86. The smallest absolute Gasteiger partial charge is 0.308 e. The molecule has 2 unspecified atom stereocenters. The summed E-state index contributed by atoms with van der Waals surface area (Å²) in [7, 11) is 1.59. The molecule has 3 N–H and O–H groups in total. The number of aromatic nitrogens is 1. The van der Waals surface area contributed by atoms with E-state index in [4.69, 9.17) is 22.1 Å². The number of rotatable bonds is 7. The Balaban J connectivity index is 1.41. The summed E-state index contributed by atoms with van der Waals surface area (Å²) in [5.74, 6) is 3.48. The Labute approximate surface area is 219 Å². The second-order valence-corrected chi connectivity index (χ2v) is 9.68. The van der Waals surface area contributed by atoms with E-state index in [1.165, 1.54) is 12.1 Å². The Morgan fingerprint density at radius 3 is 2.76 bits per heavy atom. The Morgan fingerprint density at radius 1 is 1.30 bits per heavy atom. The van der Waals surface area contributed by atoms with E-state index in [1.54, 1.807) is 13.3 Å². The number of methoxy groups -OCH3 is 1. The van der Waals surface area contributed by atoms with Crippen LogP contribution in [0.5, 0.6) is 5.75 Å². The molecule has 1 fully saturated rings. The molecule has 0 amide bonds. The quantitative estimate of drug-likeness (QED) is 0.419. The molecule has 6 nitrogen and oxygen atoms in total. The molecule has 0 saturated carbocycles. The number of benzene rings is 2. The zero-order chi connectivity index (χ0) is 26.5. The lowest BCUT2D eigenvalue weighted by molar-refractivity contribution is -0.146. The van der Waals surface area contributed by atoms with E-state index in [0.29, 0.717) is 49.7 Å². The summed E-state index contributed by atoms with van der Waals surface area (Å²) in [6, 6.07) is 8.27. The largest absolute Gasteiger partial charge is 0.497 e. The minimum atomic E-state index is -0.861. The number of halogens is 3. The van der Waals surface area contributed by atoms with E-state index >= 15 is 0 Å². The molecular weight excluding hydrogens is 500 g/mol. The van der Waals surface area contributed by atoms with Gasteiger partial charge in [0.05, 0.1) is 30.1 Å². The molecule has 1 aromatic heterocycles. The van der Waals surface area contributed by atoms with Crippen molar-refractivity contribution in [1.82, 2.24) is 9.88 Å². The van der Waals surface area contributed by atoms with Crippen molar-refractivity contribution in [2.24, 2.45) is 17.6 Å². The average molecular weight is 528 g/mol. The van der Waals surface area contributed by atoms with Crippen molar-refractivity contribution < 1.29 is 23.4 Å². The fraction of sp³-hybridized carbons (Fsp3) is 0.357. The van der Waals surface area contributed by atoms with E-state index in [1.807, 2.05) is 23.1 Å². The molecule has 3 aromatic rings. The van der Waals surface area contributed by atoms with Crippen LogP contribution in [-0.4, -0.2) is 47.7 Å². The molecular formula is C28H28ClF2N3O3. The third kappa shape index (κ3) is 6.55. The van der Waals surface area contributed by atoms with Crippen LogP contribution >= 0.6 is 11.6 Å². The topological polar surface area (TPSA) is 88.7 Å². The van der Waals surface area contributed by atoms with Gasteiger partial charge in [0.25, 0.3) is 0 Å². The molecule has 2 heterocycles. The number of fused-ring (bicyclic) bond motifs is 1. The molecule has 194 valence electrons.